The topological polar surface area (TPSA) is 132 Å². The van der Waals surface area contributed by atoms with Gasteiger partial charge in [-0.3, -0.25) is 14.5 Å². The van der Waals surface area contributed by atoms with Crippen molar-refractivity contribution in [1.82, 2.24) is 19.5 Å². The lowest BCUT2D eigenvalue weighted by molar-refractivity contribution is 0.0991. The number of rotatable bonds is 8. The number of hydrogen-bond donors (Lipinski definition) is 3. The number of hydrogen-bond acceptors (Lipinski definition) is 6. The maximum atomic E-state index is 12.7. The molecule has 2 aromatic heterocycles. The standard InChI is InChI=1S/C30H31N7O2/c1-19-10-15-25(33-17-19)34-30(39)23-13-11-22(12-14-23)26-27(28(31)38)37(32)29(35-26)24-9-6-16-36(24)18-20(2)21-7-4-3-5-8-21/h3-5,7-8,10-15,17,24H,2,6,9,16,18,32H2,1H3,(H2,31,38)(H,33,34,39)/t24-/m0/s1. The van der Waals surface area contributed by atoms with Gasteiger partial charge in [0.2, 0.25) is 0 Å². The summed E-state index contributed by atoms with van der Waals surface area (Å²) in [5, 5.41) is 2.78. The first kappa shape index (κ1) is 25.9. The molecule has 0 bridgehead atoms. The number of anilines is 1. The molecular weight excluding hydrogens is 490 g/mol. The summed E-state index contributed by atoms with van der Waals surface area (Å²) in [5.74, 6) is 6.51. The summed E-state index contributed by atoms with van der Waals surface area (Å²) in [7, 11) is 0. The van der Waals surface area contributed by atoms with Crippen LogP contribution in [0.15, 0.2) is 79.5 Å². The Morgan fingerprint density at radius 3 is 2.46 bits per heavy atom. The van der Waals surface area contributed by atoms with E-state index in [0.29, 0.717) is 35.0 Å². The molecule has 198 valence electrons. The number of carbonyl (C=O) groups excluding carboxylic acids is 2. The summed E-state index contributed by atoms with van der Waals surface area (Å²) in [4.78, 5) is 36.5. The first-order valence-corrected chi connectivity index (χ1v) is 12.8. The van der Waals surface area contributed by atoms with Crippen LogP contribution in [-0.4, -0.2) is 44.4 Å². The van der Waals surface area contributed by atoms with Crippen molar-refractivity contribution in [1.29, 1.82) is 0 Å². The summed E-state index contributed by atoms with van der Waals surface area (Å²) in [6.45, 7) is 7.73. The number of likely N-dealkylation sites (tertiary alicyclic amines) is 1. The number of aryl methyl sites for hydroxylation is 1. The number of aromatic nitrogens is 3. The summed E-state index contributed by atoms with van der Waals surface area (Å²) in [6, 6.07) is 20.4. The first-order valence-electron chi connectivity index (χ1n) is 12.8. The molecule has 3 heterocycles. The quantitative estimate of drug-likeness (QED) is 0.298. The minimum atomic E-state index is -0.670. The molecule has 0 spiro atoms. The van der Waals surface area contributed by atoms with Crippen LogP contribution in [0.4, 0.5) is 5.82 Å². The van der Waals surface area contributed by atoms with Crippen LogP contribution in [0.5, 0.6) is 0 Å². The number of nitrogens with two attached hydrogens (primary N) is 2. The second kappa shape index (κ2) is 10.9. The largest absolute Gasteiger partial charge is 0.364 e. The fourth-order valence-corrected chi connectivity index (χ4v) is 4.95. The van der Waals surface area contributed by atoms with Gasteiger partial charge in [0, 0.05) is 23.9 Å². The van der Waals surface area contributed by atoms with Crippen molar-refractivity contribution in [2.24, 2.45) is 5.73 Å². The molecule has 1 aliphatic rings. The second-order valence-corrected chi connectivity index (χ2v) is 9.75. The van der Waals surface area contributed by atoms with Crippen molar-refractivity contribution in [2.75, 3.05) is 24.2 Å². The van der Waals surface area contributed by atoms with Crippen molar-refractivity contribution in [2.45, 2.75) is 25.8 Å². The molecule has 0 saturated carbocycles. The molecule has 1 fully saturated rings. The van der Waals surface area contributed by atoms with E-state index in [4.69, 9.17) is 16.6 Å². The van der Waals surface area contributed by atoms with Gasteiger partial charge in [-0.05, 0) is 61.2 Å². The Morgan fingerprint density at radius 2 is 1.79 bits per heavy atom. The van der Waals surface area contributed by atoms with Crippen LogP contribution in [-0.2, 0) is 0 Å². The molecule has 1 atom stereocenters. The van der Waals surface area contributed by atoms with Crippen LogP contribution in [0, 0.1) is 6.92 Å². The first-order chi connectivity index (χ1) is 18.8. The number of pyridine rings is 1. The molecule has 5 N–H and O–H groups in total. The average molecular weight is 522 g/mol. The molecule has 4 aromatic rings. The highest BCUT2D eigenvalue weighted by molar-refractivity contribution is 6.04. The molecule has 1 saturated heterocycles. The van der Waals surface area contributed by atoms with Crippen LogP contribution < -0.4 is 16.9 Å². The highest BCUT2D eigenvalue weighted by Crippen LogP contribution is 2.35. The third kappa shape index (κ3) is 5.44. The summed E-state index contributed by atoms with van der Waals surface area (Å²) < 4.78 is 1.32. The maximum absolute atomic E-state index is 12.7. The second-order valence-electron chi connectivity index (χ2n) is 9.75. The molecule has 9 heteroatoms. The van der Waals surface area contributed by atoms with Crippen LogP contribution >= 0.6 is 0 Å². The van der Waals surface area contributed by atoms with Gasteiger partial charge in [-0.2, -0.15) is 0 Å². The van der Waals surface area contributed by atoms with Gasteiger partial charge in [-0.25, -0.2) is 14.6 Å². The number of nitrogens with one attached hydrogen (secondary N) is 1. The zero-order valence-electron chi connectivity index (χ0n) is 21.8. The number of amides is 2. The lowest BCUT2D eigenvalue weighted by Gasteiger charge is -2.25. The molecule has 0 unspecified atom stereocenters. The zero-order chi connectivity index (χ0) is 27.5. The van der Waals surface area contributed by atoms with E-state index in [-0.39, 0.29) is 17.6 Å². The summed E-state index contributed by atoms with van der Waals surface area (Å²) in [6.07, 6.45) is 3.51. The Kier molecular flexibility index (Phi) is 7.25. The minimum absolute atomic E-state index is 0.0885. The van der Waals surface area contributed by atoms with Crippen molar-refractivity contribution in [3.05, 3.63) is 108 Å². The fourth-order valence-electron chi connectivity index (χ4n) is 4.95. The lowest BCUT2D eigenvalue weighted by atomic mass is 10.1. The predicted octanol–water partition coefficient (Wildman–Crippen LogP) is 4.17. The summed E-state index contributed by atoms with van der Waals surface area (Å²) in [5.41, 5.74) is 10.4. The van der Waals surface area contributed by atoms with E-state index in [2.05, 4.69) is 21.8 Å². The molecule has 2 amide bonds. The number of imidazole rings is 1. The van der Waals surface area contributed by atoms with Gasteiger partial charge in [0.15, 0.2) is 5.69 Å². The van der Waals surface area contributed by atoms with E-state index >= 15 is 0 Å². The Labute approximate surface area is 227 Å². The SMILES string of the molecule is C=C(CN1CCC[C@H]1c1nc(-c2ccc(C(=O)Nc3ccc(C)cn3)cc2)c(C(N)=O)n1N)c1ccccc1. The Morgan fingerprint density at radius 1 is 1.05 bits per heavy atom. The zero-order valence-corrected chi connectivity index (χ0v) is 21.8. The predicted molar refractivity (Wildman–Crippen MR) is 152 cm³/mol. The van der Waals surface area contributed by atoms with Crippen LogP contribution in [0.2, 0.25) is 0 Å². The van der Waals surface area contributed by atoms with Crippen molar-refractivity contribution in [3.63, 3.8) is 0 Å². The number of benzene rings is 2. The Hall–Kier alpha value is -4.76. The average Bonchev–Trinajstić information content (AvgIpc) is 3.54. The lowest BCUT2D eigenvalue weighted by Crippen LogP contribution is -2.30. The van der Waals surface area contributed by atoms with Crippen LogP contribution in [0.25, 0.3) is 16.8 Å². The highest BCUT2D eigenvalue weighted by Gasteiger charge is 2.33. The molecule has 9 nitrogen and oxygen atoms in total. The molecule has 39 heavy (non-hydrogen) atoms. The smallest absolute Gasteiger partial charge is 0.269 e. The van der Waals surface area contributed by atoms with E-state index in [1.165, 1.54) is 4.68 Å². The number of carbonyl (C=O) groups is 2. The van der Waals surface area contributed by atoms with Gasteiger partial charge < -0.3 is 16.9 Å². The Bertz CT molecular complexity index is 1510. The molecular formula is C30H31N7O2. The van der Waals surface area contributed by atoms with Gasteiger partial charge in [0.25, 0.3) is 11.8 Å². The van der Waals surface area contributed by atoms with Crippen molar-refractivity contribution < 1.29 is 9.59 Å². The van der Waals surface area contributed by atoms with Gasteiger partial charge in [0.1, 0.15) is 17.3 Å². The van der Waals surface area contributed by atoms with Gasteiger partial charge >= 0.3 is 0 Å². The number of nitrogens with zero attached hydrogens (tertiary/aromatic N) is 4. The third-order valence-corrected chi connectivity index (χ3v) is 6.98. The van der Waals surface area contributed by atoms with E-state index in [1.807, 2.05) is 43.3 Å². The molecule has 2 aromatic carbocycles. The van der Waals surface area contributed by atoms with E-state index in [1.54, 1.807) is 36.5 Å². The van der Waals surface area contributed by atoms with Gasteiger partial charge in [0.05, 0.1) is 6.04 Å². The number of nitrogen functional groups attached to an aromatic ring is 1. The maximum Gasteiger partial charge on any atom is 0.269 e. The van der Waals surface area contributed by atoms with Crippen molar-refractivity contribution in [3.8, 4) is 11.3 Å². The monoisotopic (exact) mass is 521 g/mol. The van der Waals surface area contributed by atoms with E-state index in [9.17, 15) is 9.59 Å². The fraction of sp³-hybridized carbons (Fsp3) is 0.200. The van der Waals surface area contributed by atoms with E-state index < -0.39 is 5.91 Å². The summed E-state index contributed by atoms with van der Waals surface area (Å²) >= 11 is 0. The number of primary amides is 1. The van der Waals surface area contributed by atoms with Crippen LogP contribution in [0.3, 0.4) is 0 Å². The minimum Gasteiger partial charge on any atom is -0.364 e. The molecule has 0 aliphatic carbocycles. The normalized spacial score (nSPS) is 15.3. The molecule has 1 aliphatic heterocycles. The Balaban J connectivity index is 1.39. The molecule has 5 rings (SSSR count). The third-order valence-electron chi connectivity index (χ3n) is 6.98. The molecule has 0 radical (unpaired) electrons. The van der Waals surface area contributed by atoms with Crippen LogP contribution in [0.1, 0.15) is 56.7 Å². The van der Waals surface area contributed by atoms with Gasteiger partial charge in [-0.1, -0.05) is 55.1 Å². The van der Waals surface area contributed by atoms with E-state index in [0.717, 1.165) is 36.1 Å². The van der Waals surface area contributed by atoms with Crippen molar-refractivity contribution >= 4 is 23.2 Å². The highest BCUT2D eigenvalue weighted by atomic mass is 16.2. The van der Waals surface area contributed by atoms with Gasteiger partial charge in [-0.15, -0.1) is 0 Å².